The van der Waals surface area contributed by atoms with Gasteiger partial charge in [-0.1, -0.05) is 0 Å². The fourth-order valence-electron chi connectivity index (χ4n) is 5.02. The van der Waals surface area contributed by atoms with E-state index in [0.29, 0.717) is 24.3 Å². The van der Waals surface area contributed by atoms with Crippen LogP contribution in [0.4, 0.5) is 25.1 Å². The predicted octanol–water partition coefficient (Wildman–Crippen LogP) is 2.96. The van der Waals surface area contributed by atoms with Crippen LogP contribution in [-0.4, -0.2) is 77.9 Å². The van der Waals surface area contributed by atoms with Gasteiger partial charge in [-0.3, -0.25) is 24.6 Å². The van der Waals surface area contributed by atoms with E-state index in [1.807, 2.05) is 0 Å². The third-order valence-corrected chi connectivity index (χ3v) is 7.39. The standard InChI is InChI=1S/C26H35F2N5O5/c1-24(2,3)38-22(36)25(4)9-13-31(14-10-25)21(35)18-7-11-32(16-26(18,27)28)19-6-5-17(15-29-19)33-12-8-20(34)30-23(33)37/h5-6,15,18H,7-14,16H2,1-4H3,(H,30,34,37). The fourth-order valence-corrected chi connectivity index (χ4v) is 5.02. The number of piperidine rings is 2. The van der Waals surface area contributed by atoms with E-state index in [-0.39, 0.29) is 50.9 Å². The maximum absolute atomic E-state index is 15.2. The Morgan fingerprint density at radius 3 is 2.34 bits per heavy atom. The van der Waals surface area contributed by atoms with Gasteiger partial charge >= 0.3 is 12.0 Å². The summed E-state index contributed by atoms with van der Waals surface area (Å²) in [6, 6.07) is 2.60. The smallest absolute Gasteiger partial charge is 0.328 e. The molecule has 1 aromatic heterocycles. The molecular formula is C26H35F2N5O5. The Morgan fingerprint density at radius 1 is 1.11 bits per heavy atom. The molecule has 38 heavy (non-hydrogen) atoms. The Bertz CT molecular complexity index is 1100. The van der Waals surface area contributed by atoms with Crippen molar-refractivity contribution in [3.63, 3.8) is 0 Å². The van der Waals surface area contributed by atoms with Crippen molar-refractivity contribution in [3.8, 4) is 0 Å². The summed E-state index contributed by atoms with van der Waals surface area (Å²) in [4.78, 5) is 57.6. The number of urea groups is 1. The molecule has 208 valence electrons. The molecule has 4 amide bonds. The summed E-state index contributed by atoms with van der Waals surface area (Å²) < 4.78 is 36.0. The Hall–Kier alpha value is -3.31. The van der Waals surface area contributed by atoms with Crippen molar-refractivity contribution >= 4 is 35.3 Å². The topological polar surface area (TPSA) is 112 Å². The number of imide groups is 1. The summed E-state index contributed by atoms with van der Waals surface area (Å²) >= 11 is 0. The number of carbonyl (C=O) groups excluding carboxylic acids is 4. The molecular weight excluding hydrogens is 500 g/mol. The molecule has 3 aliphatic rings. The van der Waals surface area contributed by atoms with Gasteiger partial charge in [0, 0.05) is 32.6 Å². The van der Waals surface area contributed by atoms with E-state index in [1.54, 1.807) is 39.8 Å². The van der Waals surface area contributed by atoms with E-state index in [4.69, 9.17) is 4.74 Å². The van der Waals surface area contributed by atoms with Crippen molar-refractivity contribution in [2.75, 3.05) is 42.5 Å². The Labute approximate surface area is 220 Å². The van der Waals surface area contributed by atoms with E-state index in [0.717, 1.165) is 0 Å². The number of amides is 4. The normalized spacial score (nSPS) is 23.6. The number of esters is 1. The lowest BCUT2D eigenvalue weighted by Crippen LogP contribution is -2.56. The third-order valence-electron chi connectivity index (χ3n) is 7.39. The zero-order chi connectivity index (χ0) is 27.9. The number of pyridine rings is 1. The van der Waals surface area contributed by atoms with Crippen LogP contribution in [-0.2, 0) is 19.1 Å². The lowest BCUT2D eigenvalue weighted by atomic mass is 9.79. The highest BCUT2D eigenvalue weighted by Crippen LogP contribution is 2.39. The number of nitrogens with one attached hydrogen (secondary N) is 1. The van der Waals surface area contributed by atoms with Crippen LogP contribution in [0.25, 0.3) is 0 Å². The average molecular weight is 536 g/mol. The molecule has 0 aliphatic carbocycles. The van der Waals surface area contributed by atoms with Gasteiger partial charge in [0.1, 0.15) is 17.3 Å². The van der Waals surface area contributed by atoms with Crippen molar-refractivity contribution in [3.05, 3.63) is 18.3 Å². The number of anilines is 2. The minimum Gasteiger partial charge on any atom is -0.460 e. The van der Waals surface area contributed by atoms with Gasteiger partial charge in [0.25, 0.3) is 5.92 Å². The Morgan fingerprint density at radius 2 is 1.79 bits per heavy atom. The summed E-state index contributed by atoms with van der Waals surface area (Å²) in [6.07, 6.45) is 2.26. The zero-order valence-electron chi connectivity index (χ0n) is 22.3. The first-order chi connectivity index (χ1) is 17.7. The molecule has 0 aromatic carbocycles. The number of likely N-dealkylation sites (tertiary alicyclic amines) is 1. The zero-order valence-corrected chi connectivity index (χ0v) is 22.3. The number of ether oxygens (including phenoxy) is 1. The molecule has 0 radical (unpaired) electrons. The van der Waals surface area contributed by atoms with Crippen LogP contribution in [0.5, 0.6) is 0 Å². The number of hydrogen-bond acceptors (Lipinski definition) is 7. The van der Waals surface area contributed by atoms with Crippen molar-refractivity contribution in [2.24, 2.45) is 11.3 Å². The van der Waals surface area contributed by atoms with Crippen LogP contribution in [0.2, 0.25) is 0 Å². The van der Waals surface area contributed by atoms with Gasteiger partial charge in [0.2, 0.25) is 11.8 Å². The molecule has 1 atom stereocenters. The second-order valence-electron chi connectivity index (χ2n) is 11.5. The number of halogens is 2. The first kappa shape index (κ1) is 27.7. The Balaban J connectivity index is 1.35. The molecule has 4 rings (SSSR count). The lowest BCUT2D eigenvalue weighted by molar-refractivity contribution is -0.172. The number of hydrogen-bond donors (Lipinski definition) is 1. The molecule has 0 bridgehead atoms. The summed E-state index contributed by atoms with van der Waals surface area (Å²) in [5, 5.41) is 2.23. The average Bonchev–Trinajstić information content (AvgIpc) is 2.83. The monoisotopic (exact) mass is 535 g/mol. The first-order valence-electron chi connectivity index (χ1n) is 12.9. The van der Waals surface area contributed by atoms with E-state index >= 15 is 8.78 Å². The number of aromatic nitrogens is 1. The van der Waals surface area contributed by atoms with Crippen LogP contribution in [0.15, 0.2) is 18.3 Å². The van der Waals surface area contributed by atoms with Crippen LogP contribution < -0.4 is 15.1 Å². The molecule has 4 heterocycles. The maximum Gasteiger partial charge on any atom is 0.328 e. The second-order valence-corrected chi connectivity index (χ2v) is 11.5. The van der Waals surface area contributed by atoms with E-state index < -0.39 is 41.3 Å². The molecule has 3 aliphatic heterocycles. The van der Waals surface area contributed by atoms with Crippen LogP contribution in [0, 0.1) is 11.3 Å². The molecule has 3 fully saturated rings. The van der Waals surface area contributed by atoms with Gasteiger partial charge in [-0.2, -0.15) is 0 Å². The largest absolute Gasteiger partial charge is 0.460 e. The third kappa shape index (κ3) is 5.88. The number of carbonyl (C=O) groups is 4. The quantitative estimate of drug-likeness (QED) is 0.590. The highest BCUT2D eigenvalue weighted by molar-refractivity contribution is 6.05. The van der Waals surface area contributed by atoms with Gasteiger partial charge in [-0.15, -0.1) is 0 Å². The van der Waals surface area contributed by atoms with Gasteiger partial charge in [0.05, 0.1) is 23.8 Å². The van der Waals surface area contributed by atoms with Crippen molar-refractivity contribution in [1.82, 2.24) is 15.2 Å². The maximum atomic E-state index is 15.2. The molecule has 10 nitrogen and oxygen atoms in total. The number of rotatable bonds is 4. The highest BCUT2D eigenvalue weighted by atomic mass is 19.3. The van der Waals surface area contributed by atoms with Gasteiger partial charge in [-0.25, -0.2) is 18.6 Å². The summed E-state index contributed by atoms with van der Waals surface area (Å²) in [5.41, 5.74) is -0.918. The molecule has 3 saturated heterocycles. The van der Waals surface area contributed by atoms with Crippen molar-refractivity contribution < 1.29 is 32.7 Å². The summed E-state index contributed by atoms with van der Waals surface area (Å²) in [5.74, 6) is -5.66. The van der Waals surface area contributed by atoms with E-state index in [1.165, 1.54) is 20.9 Å². The second kappa shape index (κ2) is 10.1. The minimum absolute atomic E-state index is 0.0360. The molecule has 1 aromatic rings. The van der Waals surface area contributed by atoms with Gasteiger partial charge < -0.3 is 14.5 Å². The van der Waals surface area contributed by atoms with Gasteiger partial charge in [0.15, 0.2) is 0 Å². The molecule has 12 heteroatoms. The van der Waals surface area contributed by atoms with Crippen LogP contribution in [0.3, 0.4) is 0 Å². The van der Waals surface area contributed by atoms with Crippen LogP contribution in [0.1, 0.15) is 53.4 Å². The van der Waals surface area contributed by atoms with E-state index in [2.05, 4.69) is 10.3 Å². The number of nitrogens with zero attached hydrogens (tertiary/aromatic N) is 4. The lowest BCUT2D eigenvalue weighted by Gasteiger charge is -2.43. The molecule has 0 saturated carbocycles. The molecule has 0 spiro atoms. The van der Waals surface area contributed by atoms with Crippen LogP contribution >= 0.6 is 0 Å². The van der Waals surface area contributed by atoms with Crippen molar-refractivity contribution in [2.45, 2.75) is 64.9 Å². The fraction of sp³-hybridized carbons (Fsp3) is 0.654. The highest BCUT2D eigenvalue weighted by Gasteiger charge is 2.51. The Kier molecular flexibility index (Phi) is 7.37. The first-order valence-corrected chi connectivity index (χ1v) is 12.9. The minimum atomic E-state index is -3.27. The van der Waals surface area contributed by atoms with Crippen molar-refractivity contribution in [1.29, 1.82) is 0 Å². The van der Waals surface area contributed by atoms with E-state index in [9.17, 15) is 19.2 Å². The molecule has 1 unspecified atom stereocenters. The number of alkyl halides is 2. The predicted molar refractivity (Wildman–Crippen MR) is 135 cm³/mol. The summed E-state index contributed by atoms with van der Waals surface area (Å²) in [6.45, 7) is 7.41. The SMILES string of the molecule is CC(C)(C)OC(=O)C1(C)CCN(C(=O)C2CCN(c3ccc(N4CCC(=O)NC4=O)cn3)CC2(F)F)CC1. The summed E-state index contributed by atoms with van der Waals surface area (Å²) in [7, 11) is 0. The molecule has 1 N–H and O–H groups in total. The van der Waals surface area contributed by atoms with Gasteiger partial charge in [-0.05, 0) is 59.1 Å².